The molecule has 3 aliphatic rings. The van der Waals surface area contributed by atoms with Crippen LogP contribution in [0.2, 0.25) is 0 Å². The number of amides is 1. The number of nitrogens with zero attached hydrogens (tertiary/aromatic N) is 6. The Morgan fingerprint density at radius 1 is 1.11 bits per heavy atom. The average Bonchev–Trinajstić information content (AvgIpc) is 3.76. The predicted octanol–water partition coefficient (Wildman–Crippen LogP) is 5.49. The Balaban J connectivity index is 1.33. The van der Waals surface area contributed by atoms with Crippen molar-refractivity contribution in [2.24, 2.45) is 0 Å². The van der Waals surface area contributed by atoms with Crippen LogP contribution in [0.3, 0.4) is 0 Å². The van der Waals surface area contributed by atoms with Gasteiger partial charge >= 0.3 is 6.01 Å². The third kappa shape index (κ3) is 4.74. The van der Waals surface area contributed by atoms with Crippen molar-refractivity contribution in [3.63, 3.8) is 0 Å². The zero-order valence-electron chi connectivity index (χ0n) is 24.5. The fourth-order valence-corrected chi connectivity index (χ4v) is 7.28. The molecule has 228 valence electrons. The van der Waals surface area contributed by atoms with Crippen molar-refractivity contribution in [1.29, 1.82) is 0 Å². The van der Waals surface area contributed by atoms with Crippen molar-refractivity contribution in [1.82, 2.24) is 24.8 Å². The zero-order chi connectivity index (χ0) is 30.6. The van der Waals surface area contributed by atoms with Gasteiger partial charge in [-0.1, -0.05) is 24.8 Å². The quantitative estimate of drug-likeness (QED) is 0.259. The molecule has 0 aliphatic carbocycles. The number of rotatable bonds is 7. The van der Waals surface area contributed by atoms with E-state index in [1.807, 2.05) is 11.9 Å². The largest absolute Gasteiger partial charge is 0.461 e. The molecular formula is C33H33F3N6O2. The number of ether oxygens (including phenoxy) is 1. The van der Waals surface area contributed by atoms with E-state index in [4.69, 9.17) is 9.72 Å². The van der Waals surface area contributed by atoms with Crippen LogP contribution in [-0.2, 0) is 4.79 Å². The Labute approximate surface area is 253 Å². The number of fused-ring (bicyclic) bond motifs is 3. The molecule has 44 heavy (non-hydrogen) atoms. The van der Waals surface area contributed by atoms with Gasteiger partial charge in [-0.25, -0.2) is 13.2 Å². The first-order valence-electron chi connectivity index (χ1n) is 15.0. The number of carbonyl (C=O) groups is 1. The highest BCUT2D eigenvalue weighted by Crippen LogP contribution is 2.40. The Morgan fingerprint density at radius 3 is 2.68 bits per heavy atom. The first-order chi connectivity index (χ1) is 21.3. The van der Waals surface area contributed by atoms with Crippen LogP contribution in [-0.4, -0.2) is 82.1 Å². The van der Waals surface area contributed by atoms with E-state index in [-0.39, 0.29) is 51.0 Å². The molecule has 2 aromatic heterocycles. The van der Waals surface area contributed by atoms with E-state index in [1.54, 1.807) is 17.0 Å². The highest BCUT2D eigenvalue weighted by atomic mass is 19.1. The SMILES string of the molecule is C=CC(=O)N1CC[C@@H](N(C)c2nc(OCC34CCCN3CCC4)nc3c(F)c(-c4cccc5c(F)cc(F)cc45)ncc23)C1. The average molecular weight is 603 g/mol. The van der Waals surface area contributed by atoms with Crippen LogP contribution in [0.25, 0.3) is 32.9 Å². The second-order valence-corrected chi connectivity index (χ2v) is 12.1. The lowest BCUT2D eigenvalue weighted by atomic mass is 9.95. The summed E-state index contributed by atoms with van der Waals surface area (Å²) in [6, 6.07) is 6.63. The van der Waals surface area contributed by atoms with Crippen LogP contribution in [0.5, 0.6) is 6.01 Å². The molecule has 3 fully saturated rings. The Hall–Kier alpha value is -4.25. The number of hydrogen-bond donors (Lipinski definition) is 0. The van der Waals surface area contributed by atoms with E-state index in [0.29, 0.717) is 37.3 Å². The molecule has 0 bridgehead atoms. The van der Waals surface area contributed by atoms with Crippen molar-refractivity contribution in [3.8, 4) is 17.3 Å². The highest BCUT2D eigenvalue weighted by Gasteiger charge is 2.45. The summed E-state index contributed by atoms with van der Waals surface area (Å²) in [5.74, 6) is -1.95. The minimum atomic E-state index is -0.765. The number of carbonyl (C=O) groups excluding carboxylic acids is 1. The summed E-state index contributed by atoms with van der Waals surface area (Å²) < 4.78 is 51.7. The summed E-state index contributed by atoms with van der Waals surface area (Å²) in [4.78, 5) is 32.1. The minimum Gasteiger partial charge on any atom is -0.461 e. The molecule has 3 aliphatic heterocycles. The lowest BCUT2D eigenvalue weighted by Crippen LogP contribution is -2.43. The van der Waals surface area contributed by atoms with Crippen molar-refractivity contribution in [3.05, 3.63) is 66.6 Å². The van der Waals surface area contributed by atoms with Crippen molar-refractivity contribution in [2.75, 3.05) is 44.7 Å². The molecule has 11 heteroatoms. The van der Waals surface area contributed by atoms with Gasteiger partial charge in [0.15, 0.2) is 5.82 Å². The molecule has 0 radical (unpaired) electrons. The standard InChI is InChI=1S/C33H33F3N6O2/c1-3-27(43)41-14-9-21(18-41)40(2)31-25-17-37-29(23-8-4-7-22-24(23)15-20(34)16-26(22)35)28(36)30(25)38-32(39-31)44-19-33-10-5-12-42(33)13-6-11-33/h3-4,7-8,15-17,21H,1,5-6,9-14,18-19H2,2H3/t21-/m1/s1. The maximum Gasteiger partial charge on any atom is 0.319 e. The van der Waals surface area contributed by atoms with Crippen LogP contribution in [0.15, 0.2) is 49.2 Å². The summed E-state index contributed by atoms with van der Waals surface area (Å²) in [6.45, 7) is 7.09. The lowest BCUT2D eigenvalue weighted by Gasteiger charge is -2.31. The fourth-order valence-electron chi connectivity index (χ4n) is 7.28. The molecule has 0 spiro atoms. The summed E-state index contributed by atoms with van der Waals surface area (Å²) >= 11 is 0. The third-order valence-corrected chi connectivity index (χ3v) is 9.62. The van der Waals surface area contributed by atoms with Crippen LogP contribution in [0.4, 0.5) is 19.0 Å². The van der Waals surface area contributed by atoms with Crippen LogP contribution in [0, 0.1) is 17.5 Å². The van der Waals surface area contributed by atoms with Gasteiger partial charge in [-0.3, -0.25) is 14.7 Å². The number of likely N-dealkylation sites (tertiary alicyclic amines) is 1. The van der Waals surface area contributed by atoms with E-state index in [2.05, 4.69) is 21.4 Å². The van der Waals surface area contributed by atoms with Crippen molar-refractivity contribution >= 4 is 33.4 Å². The van der Waals surface area contributed by atoms with Crippen LogP contribution in [0.1, 0.15) is 32.1 Å². The van der Waals surface area contributed by atoms with Crippen LogP contribution >= 0.6 is 0 Å². The van der Waals surface area contributed by atoms with Gasteiger partial charge in [0.05, 0.1) is 10.9 Å². The first kappa shape index (κ1) is 28.5. The third-order valence-electron chi connectivity index (χ3n) is 9.62. The second kappa shape index (κ2) is 11.0. The van der Waals surface area contributed by atoms with E-state index >= 15 is 4.39 Å². The molecule has 1 amide bonds. The minimum absolute atomic E-state index is 0.0000472. The number of benzene rings is 2. The molecule has 8 nitrogen and oxygen atoms in total. The van der Waals surface area contributed by atoms with E-state index < -0.39 is 17.5 Å². The molecule has 3 saturated heterocycles. The smallest absolute Gasteiger partial charge is 0.319 e. The molecule has 0 N–H and O–H groups in total. The Kier molecular flexibility index (Phi) is 7.15. The molecule has 5 heterocycles. The van der Waals surface area contributed by atoms with Gasteiger partial charge in [0.25, 0.3) is 0 Å². The normalized spacial score (nSPS) is 19.5. The molecule has 1 atom stereocenters. The van der Waals surface area contributed by atoms with Crippen molar-refractivity contribution in [2.45, 2.75) is 43.7 Å². The van der Waals surface area contributed by atoms with Crippen LogP contribution < -0.4 is 9.64 Å². The molecule has 2 aromatic carbocycles. The number of likely N-dealkylation sites (N-methyl/N-ethyl adjacent to an activating group) is 1. The zero-order valence-corrected chi connectivity index (χ0v) is 24.5. The second-order valence-electron chi connectivity index (χ2n) is 12.1. The number of aromatic nitrogens is 3. The maximum atomic E-state index is 16.6. The summed E-state index contributed by atoms with van der Waals surface area (Å²) in [6.07, 6.45) is 7.75. The first-order valence-corrected chi connectivity index (χ1v) is 15.0. The molecular weight excluding hydrogens is 569 g/mol. The monoisotopic (exact) mass is 602 g/mol. The van der Waals surface area contributed by atoms with Gasteiger partial charge in [-0.05, 0) is 62.7 Å². The number of anilines is 1. The molecule has 7 rings (SSSR count). The molecule has 0 unspecified atom stereocenters. The maximum absolute atomic E-state index is 16.6. The number of pyridine rings is 1. The lowest BCUT2D eigenvalue weighted by molar-refractivity contribution is -0.125. The fraction of sp³-hybridized carbons (Fsp3) is 0.394. The topological polar surface area (TPSA) is 74.7 Å². The van der Waals surface area contributed by atoms with Gasteiger partial charge in [-0.2, -0.15) is 9.97 Å². The van der Waals surface area contributed by atoms with E-state index in [9.17, 15) is 13.6 Å². The molecule has 0 saturated carbocycles. The highest BCUT2D eigenvalue weighted by molar-refractivity contribution is 5.99. The van der Waals surface area contributed by atoms with Crippen molar-refractivity contribution < 1.29 is 22.7 Å². The van der Waals surface area contributed by atoms with E-state index in [0.717, 1.165) is 44.8 Å². The van der Waals surface area contributed by atoms with Gasteiger partial charge in [0.1, 0.15) is 35.3 Å². The summed E-state index contributed by atoms with van der Waals surface area (Å²) in [5.41, 5.74) is 0.101. The summed E-state index contributed by atoms with van der Waals surface area (Å²) in [7, 11) is 1.86. The summed E-state index contributed by atoms with van der Waals surface area (Å²) in [5, 5.41) is 0.737. The van der Waals surface area contributed by atoms with Gasteiger partial charge < -0.3 is 14.5 Å². The van der Waals surface area contributed by atoms with Gasteiger partial charge in [-0.15, -0.1) is 0 Å². The number of hydrogen-bond acceptors (Lipinski definition) is 7. The molecule has 4 aromatic rings. The Morgan fingerprint density at radius 2 is 1.91 bits per heavy atom. The Bertz CT molecular complexity index is 1790. The number of halogens is 3. The predicted molar refractivity (Wildman–Crippen MR) is 162 cm³/mol. The van der Waals surface area contributed by atoms with Gasteiger partial charge in [0, 0.05) is 49.4 Å². The van der Waals surface area contributed by atoms with Gasteiger partial charge in [0.2, 0.25) is 5.91 Å². The van der Waals surface area contributed by atoms with E-state index in [1.165, 1.54) is 24.4 Å².